The van der Waals surface area contributed by atoms with E-state index in [1.54, 1.807) is 7.11 Å². The summed E-state index contributed by atoms with van der Waals surface area (Å²) >= 11 is 0. The number of hydrogen-bond donors (Lipinski definition) is 0. The molecule has 6 nitrogen and oxygen atoms in total. The second-order valence-corrected chi connectivity index (χ2v) is 6.95. The van der Waals surface area contributed by atoms with Crippen LogP contribution in [0.15, 0.2) is 48.5 Å². The maximum Gasteiger partial charge on any atom is 0.242 e. The van der Waals surface area contributed by atoms with Gasteiger partial charge in [-0.05, 0) is 49.2 Å². The Balaban J connectivity index is 1.82. The van der Waals surface area contributed by atoms with Crippen molar-refractivity contribution in [3.05, 3.63) is 54.4 Å². The lowest BCUT2D eigenvalue weighted by molar-refractivity contribution is -0.131. The molecule has 1 aromatic heterocycles. The molecule has 1 amide bonds. The zero-order valence-corrected chi connectivity index (χ0v) is 17.4. The smallest absolute Gasteiger partial charge is 0.242 e. The Morgan fingerprint density at radius 3 is 2.31 bits per heavy atom. The van der Waals surface area contributed by atoms with E-state index in [0.717, 1.165) is 54.3 Å². The van der Waals surface area contributed by atoms with Crippen LogP contribution in [0.4, 0.5) is 0 Å². The van der Waals surface area contributed by atoms with Crippen molar-refractivity contribution in [2.24, 2.45) is 0 Å². The number of carbonyl (C=O) groups excluding carboxylic acids is 1. The lowest BCUT2D eigenvalue weighted by atomic mass is 10.3. The molecule has 0 spiro atoms. The van der Waals surface area contributed by atoms with Gasteiger partial charge in [0.05, 0.1) is 18.1 Å². The first kappa shape index (κ1) is 20.7. The predicted molar refractivity (Wildman–Crippen MR) is 114 cm³/mol. The van der Waals surface area contributed by atoms with Crippen LogP contribution in [-0.4, -0.2) is 40.6 Å². The van der Waals surface area contributed by atoms with Crippen LogP contribution >= 0.6 is 0 Å². The van der Waals surface area contributed by atoms with E-state index in [1.807, 2.05) is 58.0 Å². The zero-order valence-electron chi connectivity index (χ0n) is 17.4. The zero-order chi connectivity index (χ0) is 20.6. The molecule has 29 heavy (non-hydrogen) atoms. The monoisotopic (exact) mass is 395 g/mol. The highest BCUT2D eigenvalue weighted by Crippen LogP contribution is 2.21. The topological polar surface area (TPSA) is 56.6 Å². The second kappa shape index (κ2) is 9.96. The van der Waals surface area contributed by atoms with Crippen LogP contribution in [0.25, 0.3) is 11.0 Å². The molecule has 0 aliphatic carbocycles. The van der Waals surface area contributed by atoms with E-state index in [4.69, 9.17) is 14.5 Å². The van der Waals surface area contributed by atoms with Gasteiger partial charge in [-0.15, -0.1) is 0 Å². The van der Waals surface area contributed by atoms with Crippen molar-refractivity contribution in [1.29, 1.82) is 0 Å². The number of amides is 1. The van der Waals surface area contributed by atoms with Crippen LogP contribution in [0, 0.1) is 0 Å². The Bertz CT molecular complexity index is 928. The first-order valence-corrected chi connectivity index (χ1v) is 10.1. The van der Waals surface area contributed by atoms with Crippen LogP contribution in [0.5, 0.6) is 11.5 Å². The number of hydrogen-bond acceptors (Lipinski definition) is 4. The molecular weight excluding hydrogens is 366 g/mol. The summed E-state index contributed by atoms with van der Waals surface area (Å²) in [5, 5.41) is 0. The minimum Gasteiger partial charge on any atom is -0.497 e. The number of rotatable bonds is 10. The van der Waals surface area contributed by atoms with Crippen molar-refractivity contribution >= 4 is 16.9 Å². The van der Waals surface area contributed by atoms with Crippen molar-refractivity contribution in [2.45, 2.75) is 39.8 Å². The van der Waals surface area contributed by atoms with E-state index in [2.05, 4.69) is 13.8 Å². The van der Waals surface area contributed by atoms with E-state index in [-0.39, 0.29) is 19.1 Å². The number of imidazole rings is 1. The molecule has 0 unspecified atom stereocenters. The van der Waals surface area contributed by atoms with E-state index in [0.29, 0.717) is 0 Å². The highest BCUT2D eigenvalue weighted by atomic mass is 16.5. The fourth-order valence-electron chi connectivity index (χ4n) is 3.37. The molecule has 1 heterocycles. The largest absolute Gasteiger partial charge is 0.497 e. The summed E-state index contributed by atoms with van der Waals surface area (Å²) in [4.78, 5) is 19.6. The van der Waals surface area contributed by atoms with Gasteiger partial charge in [-0.25, -0.2) is 4.98 Å². The molecule has 0 saturated heterocycles. The number of aromatic nitrogens is 2. The standard InChI is InChI=1S/C23H29N3O3/c1-4-14-25(15-5-2)23(27)16-26-21-9-7-6-8-20(21)24-22(26)17-29-19-12-10-18(28-3)11-13-19/h6-13H,4-5,14-17H2,1-3H3. The first-order chi connectivity index (χ1) is 14.2. The highest BCUT2D eigenvalue weighted by molar-refractivity contribution is 5.81. The Labute approximate surface area is 172 Å². The minimum absolute atomic E-state index is 0.113. The maximum atomic E-state index is 13.0. The van der Waals surface area contributed by atoms with E-state index >= 15 is 0 Å². The number of carbonyl (C=O) groups is 1. The fourth-order valence-corrected chi connectivity index (χ4v) is 3.37. The molecule has 3 rings (SSSR count). The third kappa shape index (κ3) is 5.08. The van der Waals surface area contributed by atoms with Crippen molar-refractivity contribution < 1.29 is 14.3 Å². The normalized spacial score (nSPS) is 10.9. The summed E-state index contributed by atoms with van der Waals surface area (Å²) in [6, 6.07) is 15.3. The van der Waals surface area contributed by atoms with Gasteiger partial charge in [-0.3, -0.25) is 4.79 Å². The van der Waals surface area contributed by atoms with Gasteiger partial charge >= 0.3 is 0 Å². The van der Waals surface area contributed by atoms with Crippen LogP contribution in [0.2, 0.25) is 0 Å². The Kier molecular flexibility index (Phi) is 7.11. The van der Waals surface area contributed by atoms with Gasteiger partial charge < -0.3 is 18.9 Å². The van der Waals surface area contributed by atoms with Gasteiger partial charge in [0.15, 0.2) is 0 Å². The third-order valence-corrected chi connectivity index (χ3v) is 4.79. The van der Waals surface area contributed by atoms with Gasteiger partial charge in [0.1, 0.15) is 30.5 Å². The van der Waals surface area contributed by atoms with Crippen LogP contribution in [0.1, 0.15) is 32.5 Å². The molecule has 6 heteroatoms. The Hall–Kier alpha value is -3.02. The number of nitrogens with zero attached hydrogens (tertiary/aromatic N) is 3. The molecule has 0 saturated carbocycles. The molecule has 154 valence electrons. The second-order valence-electron chi connectivity index (χ2n) is 6.95. The minimum atomic E-state index is 0.113. The van der Waals surface area contributed by atoms with Crippen molar-refractivity contribution in [3.63, 3.8) is 0 Å². The van der Waals surface area contributed by atoms with Crippen molar-refractivity contribution in [3.8, 4) is 11.5 Å². The number of benzene rings is 2. The van der Waals surface area contributed by atoms with Crippen LogP contribution < -0.4 is 9.47 Å². The van der Waals surface area contributed by atoms with Gasteiger partial charge in [0.25, 0.3) is 0 Å². The molecule has 0 aliphatic heterocycles. The summed E-state index contributed by atoms with van der Waals surface area (Å²) in [6.45, 7) is 6.29. The molecule has 0 radical (unpaired) electrons. The molecule has 0 aliphatic rings. The molecule has 0 bridgehead atoms. The number of methoxy groups -OCH3 is 1. The van der Waals surface area contributed by atoms with Gasteiger partial charge in [-0.1, -0.05) is 26.0 Å². The summed E-state index contributed by atoms with van der Waals surface area (Å²) < 4.78 is 13.1. The Morgan fingerprint density at radius 1 is 1.00 bits per heavy atom. The first-order valence-electron chi connectivity index (χ1n) is 10.1. The Morgan fingerprint density at radius 2 is 1.66 bits per heavy atom. The van der Waals surface area contributed by atoms with Crippen molar-refractivity contribution in [1.82, 2.24) is 14.5 Å². The number of ether oxygens (including phenoxy) is 2. The van der Waals surface area contributed by atoms with Crippen LogP contribution in [-0.2, 0) is 17.9 Å². The SMILES string of the molecule is CCCN(CCC)C(=O)Cn1c(COc2ccc(OC)cc2)nc2ccccc21. The summed E-state index contributed by atoms with van der Waals surface area (Å²) in [5.74, 6) is 2.36. The van der Waals surface area contributed by atoms with Crippen molar-refractivity contribution in [2.75, 3.05) is 20.2 Å². The average molecular weight is 396 g/mol. The third-order valence-electron chi connectivity index (χ3n) is 4.79. The summed E-state index contributed by atoms with van der Waals surface area (Å²) in [6.07, 6.45) is 1.90. The molecule has 0 fully saturated rings. The summed E-state index contributed by atoms with van der Waals surface area (Å²) in [5.41, 5.74) is 1.81. The van der Waals surface area contributed by atoms with Gasteiger partial charge in [-0.2, -0.15) is 0 Å². The predicted octanol–water partition coefficient (Wildman–Crippen LogP) is 4.27. The lowest BCUT2D eigenvalue weighted by Crippen LogP contribution is -2.35. The molecule has 0 N–H and O–H groups in total. The van der Waals surface area contributed by atoms with Crippen LogP contribution in [0.3, 0.4) is 0 Å². The number of para-hydroxylation sites is 2. The van der Waals surface area contributed by atoms with E-state index in [1.165, 1.54) is 0 Å². The van der Waals surface area contributed by atoms with E-state index < -0.39 is 0 Å². The molecule has 2 aromatic carbocycles. The summed E-state index contributed by atoms with van der Waals surface area (Å²) in [7, 11) is 1.63. The lowest BCUT2D eigenvalue weighted by Gasteiger charge is -2.22. The van der Waals surface area contributed by atoms with Gasteiger partial charge in [0.2, 0.25) is 5.91 Å². The van der Waals surface area contributed by atoms with E-state index in [9.17, 15) is 4.79 Å². The number of fused-ring (bicyclic) bond motifs is 1. The van der Waals surface area contributed by atoms with Gasteiger partial charge in [0, 0.05) is 13.1 Å². The highest BCUT2D eigenvalue weighted by Gasteiger charge is 2.18. The molecule has 0 atom stereocenters. The quantitative estimate of drug-likeness (QED) is 0.514. The maximum absolute atomic E-state index is 13.0. The fraction of sp³-hybridized carbons (Fsp3) is 0.391. The molecule has 3 aromatic rings. The average Bonchev–Trinajstić information content (AvgIpc) is 3.10. The molecular formula is C23H29N3O3.